The molecule has 5 heteroatoms. The lowest BCUT2D eigenvalue weighted by Crippen LogP contribution is -2.04. The van der Waals surface area contributed by atoms with E-state index in [-0.39, 0.29) is 0 Å². The van der Waals surface area contributed by atoms with Crippen LogP contribution < -0.4 is 0 Å². The normalized spacial score (nSPS) is 10.4. The van der Waals surface area contributed by atoms with E-state index in [1.54, 1.807) is 4.57 Å². The summed E-state index contributed by atoms with van der Waals surface area (Å²) in [6.07, 6.45) is 0.771. The van der Waals surface area contributed by atoms with E-state index in [1.165, 1.54) is 0 Å². The van der Waals surface area contributed by atoms with Crippen LogP contribution in [0.3, 0.4) is 0 Å². The van der Waals surface area contributed by atoms with E-state index in [2.05, 4.69) is 10.2 Å². The summed E-state index contributed by atoms with van der Waals surface area (Å²) in [5.74, 6) is 0.813. The van der Waals surface area contributed by atoms with Crippen molar-refractivity contribution in [3.63, 3.8) is 0 Å². The van der Waals surface area contributed by atoms with Crippen LogP contribution >= 0.6 is 12.2 Å². The molecular weight excluding hydrogens is 165 g/mol. The summed E-state index contributed by atoms with van der Waals surface area (Å²) in [6, 6.07) is 0. The Labute approximate surface area is 69.2 Å². The fraction of sp³-hybridized carbons (Fsp3) is 0.667. The molecule has 0 aromatic carbocycles. The number of rotatable bonds is 3. The Morgan fingerprint density at radius 2 is 2.45 bits per heavy atom. The predicted molar refractivity (Wildman–Crippen MR) is 42.8 cm³/mol. The molecule has 1 N–H and O–H groups in total. The second-order valence-electron chi connectivity index (χ2n) is 2.14. The summed E-state index contributed by atoms with van der Waals surface area (Å²) in [5, 5.41) is 6.55. The second-order valence-corrected chi connectivity index (χ2v) is 2.53. The molecule has 0 fully saturated rings. The van der Waals surface area contributed by atoms with Crippen molar-refractivity contribution in [3.8, 4) is 0 Å². The van der Waals surface area contributed by atoms with Gasteiger partial charge < -0.3 is 4.57 Å². The largest absolute Gasteiger partial charge is 0.302 e. The first-order chi connectivity index (χ1) is 5.29. The number of H-pyrrole nitrogens is 1. The highest BCUT2D eigenvalue weighted by molar-refractivity contribution is 7.71. The first kappa shape index (κ1) is 8.39. The monoisotopic (exact) mass is 175 g/mol. The SMILES string of the molecule is CCc1n[nH]c(=S)n1CCF. The number of aryl methyl sites for hydroxylation is 1. The summed E-state index contributed by atoms with van der Waals surface area (Å²) in [4.78, 5) is 0. The number of hydrogen-bond acceptors (Lipinski definition) is 2. The van der Waals surface area contributed by atoms with Crippen LogP contribution in [-0.2, 0) is 13.0 Å². The van der Waals surface area contributed by atoms with E-state index in [0.29, 0.717) is 11.3 Å². The Bertz CT molecular complexity index is 278. The fourth-order valence-corrected chi connectivity index (χ4v) is 1.18. The summed E-state index contributed by atoms with van der Waals surface area (Å²) < 4.78 is 14.1. The summed E-state index contributed by atoms with van der Waals surface area (Å²) in [5.41, 5.74) is 0. The van der Waals surface area contributed by atoms with E-state index in [0.717, 1.165) is 12.2 Å². The minimum absolute atomic E-state index is 0.304. The van der Waals surface area contributed by atoms with Crippen molar-refractivity contribution in [2.24, 2.45) is 0 Å². The molecule has 1 heterocycles. The van der Waals surface area contributed by atoms with Crippen LogP contribution in [0.4, 0.5) is 4.39 Å². The van der Waals surface area contributed by atoms with Gasteiger partial charge in [-0.1, -0.05) is 6.92 Å². The minimum atomic E-state index is -0.402. The number of nitrogens with zero attached hydrogens (tertiary/aromatic N) is 2. The lowest BCUT2D eigenvalue weighted by molar-refractivity contribution is 0.437. The third-order valence-electron chi connectivity index (χ3n) is 1.46. The molecule has 0 spiro atoms. The molecule has 1 aromatic heterocycles. The molecule has 0 radical (unpaired) electrons. The Morgan fingerprint density at radius 1 is 1.73 bits per heavy atom. The van der Waals surface area contributed by atoms with E-state index in [1.807, 2.05) is 6.92 Å². The quantitative estimate of drug-likeness (QED) is 0.706. The van der Waals surface area contributed by atoms with Crippen LogP contribution in [-0.4, -0.2) is 21.4 Å². The molecule has 0 saturated heterocycles. The van der Waals surface area contributed by atoms with E-state index >= 15 is 0 Å². The van der Waals surface area contributed by atoms with Gasteiger partial charge in [-0.2, -0.15) is 5.10 Å². The standard InChI is InChI=1S/C6H10FN3S/c1-2-5-8-9-6(11)10(5)4-3-7/h2-4H2,1H3,(H,9,11). The number of aromatic amines is 1. The van der Waals surface area contributed by atoms with Crippen molar-refractivity contribution in [3.05, 3.63) is 10.6 Å². The van der Waals surface area contributed by atoms with Gasteiger partial charge in [0, 0.05) is 6.42 Å². The van der Waals surface area contributed by atoms with Crippen molar-refractivity contribution in [2.75, 3.05) is 6.67 Å². The first-order valence-corrected chi connectivity index (χ1v) is 3.90. The Kier molecular flexibility index (Phi) is 2.76. The van der Waals surface area contributed by atoms with Gasteiger partial charge in [-0.05, 0) is 12.2 Å². The molecule has 0 unspecified atom stereocenters. The van der Waals surface area contributed by atoms with Gasteiger partial charge in [0.25, 0.3) is 0 Å². The highest BCUT2D eigenvalue weighted by atomic mass is 32.1. The van der Waals surface area contributed by atoms with Crippen molar-refractivity contribution in [1.82, 2.24) is 14.8 Å². The number of aromatic nitrogens is 3. The van der Waals surface area contributed by atoms with Crippen molar-refractivity contribution in [2.45, 2.75) is 19.9 Å². The molecular formula is C6H10FN3S. The molecule has 0 atom stereocenters. The first-order valence-electron chi connectivity index (χ1n) is 3.49. The maximum Gasteiger partial charge on any atom is 0.195 e. The molecule has 62 valence electrons. The van der Waals surface area contributed by atoms with Gasteiger partial charge in [-0.3, -0.25) is 5.10 Å². The summed E-state index contributed by atoms with van der Waals surface area (Å²) >= 11 is 4.88. The summed E-state index contributed by atoms with van der Waals surface area (Å²) in [7, 11) is 0. The van der Waals surface area contributed by atoms with Gasteiger partial charge in [-0.15, -0.1) is 0 Å². The van der Waals surface area contributed by atoms with Gasteiger partial charge >= 0.3 is 0 Å². The second kappa shape index (κ2) is 3.61. The zero-order valence-electron chi connectivity index (χ0n) is 6.30. The van der Waals surface area contributed by atoms with Crippen molar-refractivity contribution in [1.29, 1.82) is 0 Å². The molecule has 0 aliphatic heterocycles. The van der Waals surface area contributed by atoms with E-state index in [9.17, 15) is 4.39 Å². The molecule has 0 bridgehead atoms. The van der Waals surface area contributed by atoms with Crippen molar-refractivity contribution < 1.29 is 4.39 Å². The molecule has 3 nitrogen and oxygen atoms in total. The zero-order valence-corrected chi connectivity index (χ0v) is 7.12. The minimum Gasteiger partial charge on any atom is -0.302 e. The van der Waals surface area contributed by atoms with Crippen molar-refractivity contribution >= 4 is 12.2 Å². The average molecular weight is 175 g/mol. The van der Waals surface area contributed by atoms with Crippen LogP contribution in [0.5, 0.6) is 0 Å². The average Bonchev–Trinajstić information content (AvgIpc) is 2.34. The van der Waals surface area contributed by atoms with E-state index < -0.39 is 6.67 Å². The topological polar surface area (TPSA) is 33.6 Å². The highest BCUT2D eigenvalue weighted by Gasteiger charge is 2.01. The molecule has 0 amide bonds. The van der Waals surface area contributed by atoms with Crippen LogP contribution in [0.2, 0.25) is 0 Å². The van der Waals surface area contributed by atoms with E-state index in [4.69, 9.17) is 12.2 Å². The zero-order chi connectivity index (χ0) is 8.27. The Morgan fingerprint density at radius 3 is 3.00 bits per heavy atom. The van der Waals surface area contributed by atoms with Crippen LogP contribution in [0.1, 0.15) is 12.7 Å². The maximum absolute atomic E-state index is 11.9. The lowest BCUT2D eigenvalue weighted by Gasteiger charge is -1.99. The number of hydrogen-bond donors (Lipinski definition) is 1. The number of nitrogens with one attached hydrogen (secondary N) is 1. The van der Waals surface area contributed by atoms with Gasteiger partial charge in [-0.25, -0.2) is 4.39 Å². The van der Waals surface area contributed by atoms with Crippen LogP contribution in [0, 0.1) is 4.77 Å². The third kappa shape index (κ3) is 1.65. The van der Waals surface area contributed by atoms with Gasteiger partial charge in [0.1, 0.15) is 12.5 Å². The van der Waals surface area contributed by atoms with Crippen LogP contribution in [0.25, 0.3) is 0 Å². The fourth-order valence-electron chi connectivity index (χ4n) is 0.935. The highest BCUT2D eigenvalue weighted by Crippen LogP contribution is 1.98. The number of halogens is 1. The Balaban J connectivity index is 2.97. The van der Waals surface area contributed by atoms with Gasteiger partial charge in [0.15, 0.2) is 4.77 Å². The molecule has 11 heavy (non-hydrogen) atoms. The molecule has 0 aliphatic rings. The maximum atomic E-state index is 11.9. The van der Waals surface area contributed by atoms with Gasteiger partial charge in [0.2, 0.25) is 0 Å². The predicted octanol–water partition coefficient (Wildman–Crippen LogP) is 1.47. The number of alkyl halides is 1. The van der Waals surface area contributed by atoms with Gasteiger partial charge in [0.05, 0.1) is 6.54 Å². The smallest absolute Gasteiger partial charge is 0.195 e. The molecule has 0 saturated carbocycles. The molecule has 0 aliphatic carbocycles. The summed E-state index contributed by atoms with van der Waals surface area (Å²) in [6.45, 7) is 1.86. The molecule has 1 aromatic rings. The third-order valence-corrected chi connectivity index (χ3v) is 1.77. The molecule has 1 rings (SSSR count). The van der Waals surface area contributed by atoms with Crippen LogP contribution in [0.15, 0.2) is 0 Å². The Hall–Kier alpha value is -0.710. The lowest BCUT2D eigenvalue weighted by atomic mass is 10.4.